The van der Waals surface area contributed by atoms with Crippen molar-refractivity contribution < 1.29 is 14.3 Å². The molecule has 1 amide bonds. The lowest BCUT2D eigenvalue weighted by Gasteiger charge is -2.12. The molecule has 0 heterocycles. The molecular formula is C17H17Cl2NO3. The molecule has 0 aliphatic carbocycles. The van der Waals surface area contributed by atoms with Gasteiger partial charge in [-0.1, -0.05) is 23.2 Å². The molecule has 0 atom stereocenters. The highest BCUT2D eigenvalue weighted by molar-refractivity contribution is 6.32. The van der Waals surface area contributed by atoms with E-state index in [4.69, 9.17) is 32.7 Å². The van der Waals surface area contributed by atoms with Gasteiger partial charge in [-0.05, 0) is 55.3 Å². The van der Waals surface area contributed by atoms with Gasteiger partial charge >= 0.3 is 0 Å². The molecule has 2 aromatic rings. The molecule has 0 aliphatic rings. The van der Waals surface area contributed by atoms with Crippen molar-refractivity contribution in [1.29, 1.82) is 0 Å². The number of aryl methyl sites for hydroxylation is 2. The zero-order valence-electron chi connectivity index (χ0n) is 13.1. The summed E-state index contributed by atoms with van der Waals surface area (Å²) >= 11 is 12.0. The molecule has 6 heteroatoms. The van der Waals surface area contributed by atoms with Gasteiger partial charge in [-0.2, -0.15) is 0 Å². The zero-order chi connectivity index (χ0) is 17.0. The van der Waals surface area contributed by atoms with Gasteiger partial charge in [0, 0.05) is 10.0 Å². The van der Waals surface area contributed by atoms with Crippen LogP contribution in [-0.2, 0) is 4.79 Å². The van der Waals surface area contributed by atoms with E-state index in [0.29, 0.717) is 27.2 Å². The summed E-state index contributed by atoms with van der Waals surface area (Å²) in [7, 11) is 1.52. The Bertz CT molecular complexity index is 709. The molecule has 23 heavy (non-hydrogen) atoms. The Morgan fingerprint density at radius 1 is 1.13 bits per heavy atom. The van der Waals surface area contributed by atoms with Crippen LogP contribution in [-0.4, -0.2) is 19.6 Å². The Balaban J connectivity index is 2.02. The van der Waals surface area contributed by atoms with Crippen LogP contribution in [0.25, 0.3) is 0 Å². The van der Waals surface area contributed by atoms with Gasteiger partial charge in [-0.15, -0.1) is 0 Å². The number of hydrogen-bond acceptors (Lipinski definition) is 3. The fourth-order valence-electron chi connectivity index (χ4n) is 2.10. The Labute approximate surface area is 145 Å². The van der Waals surface area contributed by atoms with Gasteiger partial charge in [0.05, 0.1) is 12.8 Å². The number of hydrogen-bond donors (Lipinski definition) is 1. The normalized spacial score (nSPS) is 10.3. The largest absolute Gasteiger partial charge is 0.495 e. The van der Waals surface area contributed by atoms with Crippen molar-refractivity contribution in [2.24, 2.45) is 0 Å². The molecule has 2 rings (SSSR count). The molecule has 0 bridgehead atoms. The smallest absolute Gasteiger partial charge is 0.262 e. The summed E-state index contributed by atoms with van der Waals surface area (Å²) in [5, 5.41) is 3.92. The summed E-state index contributed by atoms with van der Waals surface area (Å²) in [5.41, 5.74) is 2.30. The molecule has 4 nitrogen and oxygen atoms in total. The average Bonchev–Trinajstić information content (AvgIpc) is 2.50. The monoisotopic (exact) mass is 353 g/mol. The summed E-state index contributed by atoms with van der Waals surface area (Å²) in [4.78, 5) is 12.0. The molecule has 0 radical (unpaired) electrons. The van der Waals surface area contributed by atoms with E-state index in [9.17, 15) is 4.79 Å². The lowest BCUT2D eigenvalue weighted by atomic mass is 10.1. The molecule has 2 aromatic carbocycles. The van der Waals surface area contributed by atoms with Crippen molar-refractivity contribution >= 4 is 34.8 Å². The van der Waals surface area contributed by atoms with Crippen LogP contribution >= 0.6 is 23.2 Å². The molecule has 0 saturated carbocycles. The minimum Gasteiger partial charge on any atom is -0.495 e. The fraction of sp³-hybridized carbons (Fsp3) is 0.235. The SMILES string of the molecule is COc1ccc(Cl)cc1NC(=O)COc1cc(C)c(Cl)c(C)c1. The van der Waals surface area contributed by atoms with Crippen LogP contribution in [0.15, 0.2) is 30.3 Å². The van der Waals surface area contributed by atoms with E-state index in [1.54, 1.807) is 30.3 Å². The van der Waals surface area contributed by atoms with Crippen LogP contribution in [0.1, 0.15) is 11.1 Å². The van der Waals surface area contributed by atoms with Crippen LogP contribution in [0, 0.1) is 13.8 Å². The van der Waals surface area contributed by atoms with Crippen LogP contribution in [0.2, 0.25) is 10.0 Å². The second-order valence-electron chi connectivity index (χ2n) is 5.05. The van der Waals surface area contributed by atoms with Crippen LogP contribution < -0.4 is 14.8 Å². The molecule has 1 N–H and O–H groups in total. The number of nitrogens with one attached hydrogen (secondary N) is 1. The first-order valence-corrected chi connectivity index (χ1v) is 7.69. The molecule has 122 valence electrons. The highest BCUT2D eigenvalue weighted by Gasteiger charge is 2.10. The van der Waals surface area contributed by atoms with Crippen molar-refractivity contribution in [2.45, 2.75) is 13.8 Å². The van der Waals surface area contributed by atoms with E-state index < -0.39 is 0 Å². The standard InChI is InChI=1S/C17H17Cl2NO3/c1-10-6-13(7-11(2)17(10)19)23-9-16(21)20-14-8-12(18)4-5-15(14)22-3/h4-8H,9H2,1-3H3,(H,20,21). The predicted octanol–water partition coefficient (Wildman–Crippen LogP) is 4.64. The topological polar surface area (TPSA) is 47.6 Å². The van der Waals surface area contributed by atoms with Gasteiger partial charge in [0.15, 0.2) is 6.61 Å². The maximum absolute atomic E-state index is 12.0. The van der Waals surface area contributed by atoms with Crippen LogP contribution in [0.3, 0.4) is 0 Å². The Kier molecular flexibility index (Phi) is 5.74. The van der Waals surface area contributed by atoms with Gasteiger partial charge in [0.25, 0.3) is 5.91 Å². The van der Waals surface area contributed by atoms with Crippen molar-refractivity contribution in [3.63, 3.8) is 0 Å². The van der Waals surface area contributed by atoms with E-state index in [-0.39, 0.29) is 12.5 Å². The lowest BCUT2D eigenvalue weighted by Crippen LogP contribution is -2.20. The molecule has 0 fully saturated rings. The number of ether oxygens (including phenoxy) is 2. The minimum atomic E-state index is -0.309. The van der Waals surface area contributed by atoms with E-state index in [1.807, 2.05) is 13.8 Å². The van der Waals surface area contributed by atoms with Crippen molar-refractivity contribution in [3.8, 4) is 11.5 Å². The number of anilines is 1. The number of carbonyl (C=O) groups excluding carboxylic acids is 1. The number of carbonyl (C=O) groups is 1. The quantitative estimate of drug-likeness (QED) is 0.851. The Morgan fingerprint density at radius 2 is 1.78 bits per heavy atom. The fourth-order valence-corrected chi connectivity index (χ4v) is 2.38. The molecule has 0 aliphatic heterocycles. The second-order valence-corrected chi connectivity index (χ2v) is 5.87. The van der Waals surface area contributed by atoms with E-state index in [0.717, 1.165) is 11.1 Å². The molecule has 0 aromatic heterocycles. The van der Waals surface area contributed by atoms with Gasteiger partial charge in [0.2, 0.25) is 0 Å². The zero-order valence-corrected chi connectivity index (χ0v) is 14.6. The maximum Gasteiger partial charge on any atom is 0.262 e. The highest BCUT2D eigenvalue weighted by atomic mass is 35.5. The number of rotatable bonds is 5. The molecule has 0 spiro atoms. The maximum atomic E-state index is 12.0. The number of methoxy groups -OCH3 is 1. The summed E-state index contributed by atoms with van der Waals surface area (Å²) in [6, 6.07) is 8.58. The summed E-state index contributed by atoms with van der Waals surface area (Å²) in [6.45, 7) is 3.65. The summed E-state index contributed by atoms with van der Waals surface area (Å²) in [6.07, 6.45) is 0. The van der Waals surface area contributed by atoms with Crippen LogP contribution in [0.5, 0.6) is 11.5 Å². The minimum absolute atomic E-state index is 0.129. The summed E-state index contributed by atoms with van der Waals surface area (Å²) in [5.74, 6) is 0.814. The van der Waals surface area contributed by atoms with E-state index >= 15 is 0 Å². The lowest BCUT2D eigenvalue weighted by molar-refractivity contribution is -0.118. The van der Waals surface area contributed by atoms with Crippen molar-refractivity contribution in [2.75, 3.05) is 19.0 Å². The van der Waals surface area contributed by atoms with Crippen molar-refractivity contribution in [3.05, 3.63) is 51.5 Å². The van der Waals surface area contributed by atoms with E-state index in [1.165, 1.54) is 7.11 Å². The molecule has 0 unspecified atom stereocenters. The third kappa shape index (κ3) is 4.53. The Hall–Kier alpha value is -1.91. The first kappa shape index (κ1) is 17.4. The van der Waals surface area contributed by atoms with Gasteiger partial charge in [-0.25, -0.2) is 0 Å². The van der Waals surface area contributed by atoms with E-state index in [2.05, 4.69) is 5.32 Å². The first-order chi connectivity index (χ1) is 10.9. The average molecular weight is 354 g/mol. The summed E-state index contributed by atoms with van der Waals surface area (Å²) < 4.78 is 10.7. The number of amides is 1. The number of benzene rings is 2. The number of halogens is 2. The van der Waals surface area contributed by atoms with Gasteiger partial charge in [-0.3, -0.25) is 4.79 Å². The van der Waals surface area contributed by atoms with Gasteiger partial charge in [0.1, 0.15) is 11.5 Å². The third-order valence-electron chi connectivity index (χ3n) is 3.22. The second kappa shape index (κ2) is 7.57. The molecular weight excluding hydrogens is 337 g/mol. The van der Waals surface area contributed by atoms with Gasteiger partial charge < -0.3 is 14.8 Å². The molecule has 0 saturated heterocycles. The Morgan fingerprint density at radius 3 is 2.39 bits per heavy atom. The highest BCUT2D eigenvalue weighted by Crippen LogP contribution is 2.28. The van der Waals surface area contributed by atoms with Crippen molar-refractivity contribution in [1.82, 2.24) is 0 Å². The predicted molar refractivity (Wildman–Crippen MR) is 93.1 cm³/mol. The van der Waals surface area contributed by atoms with Crippen LogP contribution in [0.4, 0.5) is 5.69 Å². The third-order valence-corrected chi connectivity index (χ3v) is 4.05. The first-order valence-electron chi connectivity index (χ1n) is 6.93.